The maximum absolute atomic E-state index is 12.5. The van der Waals surface area contributed by atoms with Gasteiger partial charge in [-0.3, -0.25) is 0 Å². The van der Waals surface area contributed by atoms with E-state index in [0.29, 0.717) is 18.9 Å². The van der Waals surface area contributed by atoms with Crippen LogP contribution < -0.4 is 10.6 Å². The van der Waals surface area contributed by atoms with Crippen molar-refractivity contribution in [1.29, 1.82) is 0 Å². The van der Waals surface area contributed by atoms with Gasteiger partial charge in [0, 0.05) is 19.3 Å². The van der Waals surface area contributed by atoms with Gasteiger partial charge < -0.3 is 10.6 Å². The van der Waals surface area contributed by atoms with E-state index in [1.807, 2.05) is 25.7 Å². The third kappa shape index (κ3) is 4.67. The maximum Gasteiger partial charge on any atom is 0.417 e. The van der Waals surface area contributed by atoms with Gasteiger partial charge in [-0.2, -0.15) is 13.2 Å². The predicted molar refractivity (Wildman–Crippen MR) is 74.6 cm³/mol. The van der Waals surface area contributed by atoms with Crippen LogP contribution in [0.1, 0.15) is 32.8 Å². The Morgan fingerprint density at radius 2 is 1.90 bits per heavy atom. The molecule has 0 aliphatic heterocycles. The molecule has 0 fully saturated rings. The highest BCUT2D eigenvalue weighted by Gasteiger charge is 2.31. The van der Waals surface area contributed by atoms with E-state index in [1.165, 1.54) is 6.07 Å². The van der Waals surface area contributed by atoms with E-state index in [9.17, 15) is 13.2 Å². The summed E-state index contributed by atoms with van der Waals surface area (Å²) in [5.41, 5.74) is 4.88. The first-order valence-corrected chi connectivity index (χ1v) is 6.68. The monoisotopic (exact) mass is 289 g/mol. The Kier molecular flexibility index (Phi) is 5.39. The minimum atomic E-state index is -4.35. The van der Waals surface area contributed by atoms with Gasteiger partial charge in [0.05, 0.1) is 5.56 Å². The number of halogens is 3. The van der Waals surface area contributed by atoms with Crippen LogP contribution in [0, 0.1) is 5.41 Å². The summed E-state index contributed by atoms with van der Waals surface area (Å²) in [7, 11) is 0. The summed E-state index contributed by atoms with van der Waals surface area (Å²) < 4.78 is 37.6. The molecule has 1 aromatic rings. The van der Waals surface area contributed by atoms with Crippen LogP contribution in [0.3, 0.4) is 0 Å². The van der Waals surface area contributed by atoms with E-state index >= 15 is 0 Å². The molecule has 1 aromatic heterocycles. The first-order valence-electron chi connectivity index (χ1n) is 6.68. The first kappa shape index (κ1) is 16.8. The molecule has 114 valence electrons. The maximum atomic E-state index is 12.5. The molecular weight excluding hydrogens is 267 g/mol. The normalized spacial score (nSPS) is 12.6. The van der Waals surface area contributed by atoms with Crippen LogP contribution >= 0.6 is 0 Å². The summed E-state index contributed by atoms with van der Waals surface area (Å²) in [6, 6.07) is 2.49. The van der Waals surface area contributed by atoms with Crippen molar-refractivity contribution < 1.29 is 13.2 Å². The molecule has 3 nitrogen and oxygen atoms in total. The molecule has 20 heavy (non-hydrogen) atoms. The lowest BCUT2D eigenvalue weighted by atomic mass is 9.93. The van der Waals surface area contributed by atoms with Crippen molar-refractivity contribution in [3.8, 4) is 0 Å². The van der Waals surface area contributed by atoms with Crippen LogP contribution in [0.5, 0.6) is 0 Å². The fraction of sp³-hybridized carbons (Fsp3) is 0.643. The third-order valence-corrected chi connectivity index (χ3v) is 3.06. The highest BCUT2D eigenvalue weighted by molar-refractivity contribution is 5.40. The van der Waals surface area contributed by atoms with Crippen LogP contribution in [-0.2, 0) is 6.18 Å². The van der Waals surface area contributed by atoms with Crippen molar-refractivity contribution in [3.63, 3.8) is 0 Å². The Bertz CT molecular complexity index is 413. The Labute approximate surface area is 118 Å². The van der Waals surface area contributed by atoms with Crippen LogP contribution in [0.25, 0.3) is 0 Å². The first-order chi connectivity index (χ1) is 9.19. The number of nitrogens with two attached hydrogens (primary N) is 1. The van der Waals surface area contributed by atoms with Crippen molar-refractivity contribution in [3.05, 3.63) is 23.9 Å². The molecule has 0 atom stereocenters. The van der Waals surface area contributed by atoms with E-state index in [-0.39, 0.29) is 5.41 Å². The van der Waals surface area contributed by atoms with Crippen molar-refractivity contribution in [2.24, 2.45) is 11.1 Å². The van der Waals surface area contributed by atoms with Gasteiger partial charge in [0.15, 0.2) is 0 Å². The van der Waals surface area contributed by atoms with Crippen molar-refractivity contribution in [2.75, 3.05) is 24.5 Å². The van der Waals surface area contributed by atoms with Gasteiger partial charge in [0.1, 0.15) is 5.82 Å². The summed E-state index contributed by atoms with van der Waals surface area (Å²) in [5.74, 6) is 0.557. The summed E-state index contributed by atoms with van der Waals surface area (Å²) in [4.78, 5) is 5.93. The quantitative estimate of drug-likeness (QED) is 0.873. The van der Waals surface area contributed by atoms with Gasteiger partial charge in [0.25, 0.3) is 0 Å². The molecule has 0 radical (unpaired) electrons. The Balaban J connectivity index is 2.92. The van der Waals surface area contributed by atoms with E-state index < -0.39 is 11.7 Å². The second-order valence-electron chi connectivity index (χ2n) is 5.69. The standard InChI is InChI=1S/C14H22F3N3/c1-4-7-20(10-13(2,3)9-18)12-6-5-11(8-19-12)14(15,16)17/h5-6,8H,4,7,9-10,18H2,1-3H3. The van der Waals surface area contributed by atoms with Gasteiger partial charge in [-0.25, -0.2) is 4.98 Å². The summed E-state index contributed by atoms with van der Waals surface area (Å²) in [6.07, 6.45) is -2.57. The molecule has 0 aliphatic rings. The summed E-state index contributed by atoms with van der Waals surface area (Å²) in [5, 5.41) is 0. The summed E-state index contributed by atoms with van der Waals surface area (Å²) in [6.45, 7) is 7.98. The summed E-state index contributed by atoms with van der Waals surface area (Å²) >= 11 is 0. The Morgan fingerprint density at radius 3 is 2.30 bits per heavy atom. The van der Waals surface area contributed by atoms with Gasteiger partial charge in [-0.05, 0) is 30.5 Å². The number of rotatable bonds is 6. The Hall–Kier alpha value is -1.30. The van der Waals surface area contributed by atoms with Crippen molar-refractivity contribution >= 4 is 5.82 Å². The van der Waals surface area contributed by atoms with Gasteiger partial charge >= 0.3 is 6.18 Å². The fourth-order valence-corrected chi connectivity index (χ4v) is 1.87. The number of hydrogen-bond acceptors (Lipinski definition) is 3. The van der Waals surface area contributed by atoms with Crippen LogP contribution in [-0.4, -0.2) is 24.6 Å². The fourth-order valence-electron chi connectivity index (χ4n) is 1.87. The molecule has 1 heterocycles. The SMILES string of the molecule is CCCN(CC(C)(C)CN)c1ccc(C(F)(F)F)cn1. The second-order valence-corrected chi connectivity index (χ2v) is 5.69. The Morgan fingerprint density at radius 1 is 1.25 bits per heavy atom. The van der Waals surface area contributed by atoms with E-state index in [4.69, 9.17) is 5.73 Å². The molecule has 0 saturated heterocycles. The smallest absolute Gasteiger partial charge is 0.356 e. The van der Waals surface area contributed by atoms with E-state index in [2.05, 4.69) is 4.98 Å². The average molecular weight is 289 g/mol. The van der Waals surface area contributed by atoms with Crippen molar-refractivity contribution in [2.45, 2.75) is 33.4 Å². The molecule has 2 N–H and O–H groups in total. The largest absolute Gasteiger partial charge is 0.417 e. The molecule has 0 spiro atoms. The van der Waals surface area contributed by atoms with Crippen LogP contribution in [0.15, 0.2) is 18.3 Å². The van der Waals surface area contributed by atoms with Gasteiger partial charge in [-0.1, -0.05) is 20.8 Å². The highest BCUT2D eigenvalue weighted by Crippen LogP contribution is 2.29. The van der Waals surface area contributed by atoms with Crippen LogP contribution in [0.2, 0.25) is 0 Å². The third-order valence-electron chi connectivity index (χ3n) is 3.06. The molecule has 0 unspecified atom stereocenters. The van der Waals surface area contributed by atoms with E-state index in [0.717, 1.165) is 25.2 Å². The highest BCUT2D eigenvalue weighted by atomic mass is 19.4. The average Bonchev–Trinajstić information content (AvgIpc) is 2.37. The number of hydrogen-bond donors (Lipinski definition) is 1. The molecule has 0 aliphatic carbocycles. The number of alkyl halides is 3. The zero-order valence-corrected chi connectivity index (χ0v) is 12.2. The second kappa shape index (κ2) is 6.43. The molecule has 1 rings (SSSR count). The number of aromatic nitrogens is 1. The molecule has 0 aromatic carbocycles. The van der Waals surface area contributed by atoms with Gasteiger partial charge in [0.2, 0.25) is 0 Å². The lowest BCUT2D eigenvalue weighted by molar-refractivity contribution is -0.137. The number of anilines is 1. The molecule has 6 heteroatoms. The zero-order chi connectivity index (χ0) is 15.4. The van der Waals surface area contributed by atoms with E-state index in [1.54, 1.807) is 0 Å². The number of nitrogens with zero attached hydrogens (tertiary/aromatic N) is 2. The van der Waals surface area contributed by atoms with Gasteiger partial charge in [-0.15, -0.1) is 0 Å². The van der Waals surface area contributed by atoms with Crippen LogP contribution in [0.4, 0.5) is 19.0 Å². The predicted octanol–water partition coefficient (Wildman–Crippen LogP) is 3.30. The van der Waals surface area contributed by atoms with Crippen molar-refractivity contribution in [1.82, 2.24) is 4.98 Å². The molecule has 0 bridgehead atoms. The zero-order valence-electron chi connectivity index (χ0n) is 12.2. The minimum Gasteiger partial charge on any atom is -0.356 e. The topological polar surface area (TPSA) is 42.1 Å². The minimum absolute atomic E-state index is 0.112. The molecular formula is C14H22F3N3. The lowest BCUT2D eigenvalue weighted by Crippen LogP contribution is -2.39. The molecule has 0 saturated carbocycles. The number of pyridine rings is 1. The lowest BCUT2D eigenvalue weighted by Gasteiger charge is -2.32. The molecule has 0 amide bonds.